The summed E-state index contributed by atoms with van der Waals surface area (Å²) in [5.41, 5.74) is 7.70. The maximum atomic E-state index is 5.85. The van der Waals surface area contributed by atoms with Crippen molar-refractivity contribution in [1.29, 1.82) is 0 Å². The van der Waals surface area contributed by atoms with Crippen LogP contribution in [0.1, 0.15) is 31.2 Å². The molecule has 0 atom stereocenters. The lowest BCUT2D eigenvalue weighted by Gasteiger charge is -2.14. The lowest BCUT2D eigenvalue weighted by atomic mass is 10.1. The lowest BCUT2D eigenvalue weighted by Crippen LogP contribution is -2.08. The summed E-state index contributed by atoms with van der Waals surface area (Å²) < 4.78 is 6.81. The third kappa shape index (κ3) is 2.70. The molecule has 16 heavy (non-hydrogen) atoms. The Hall–Kier alpha value is -0.700. The molecule has 1 fully saturated rings. The van der Waals surface area contributed by atoms with E-state index in [2.05, 4.69) is 15.9 Å². The maximum Gasteiger partial charge on any atom is 0.133 e. The predicted octanol–water partition coefficient (Wildman–Crippen LogP) is 3.91. The van der Waals surface area contributed by atoms with Crippen molar-refractivity contribution in [2.24, 2.45) is 5.92 Å². The summed E-state index contributed by atoms with van der Waals surface area (Å²) >= 11 is 3.49. The molecule has 88 valence electrons. The van der Waals surface area contributed by atoms with Gasteiger partial charge in [-0.05, 0) is 59.3 Å². The fraction of sp³-hybridized carbons (Fsp3) is 0.538. The second kappa shape index (κ2) is 5.09. The van der Waals surface area contributed by atoms with Crippen LogP contribution < -0.4 is 10.5 Å². The van der Waals surface area contributed by atoms with E-state index in [-0.39, 0.29) is 0 Å². The third-order valence-electron chi connectivity index (χ3n) is 3.27. The second-order valence-electron chi connectivity index (χ2n) is 4.60. The van der Waals surface area contributed by atoms with E-state index in [1.54, 1.807) is 0 Å². The molecule has 2 N–H and O–H groups in total. The van der Waals surface area contributed by atoms with Gasteiger partial charge in [0.2, 0.25) is 0 Å². The zero-order valence-electron chi connectivity index (χ0n) is 9.63. The van der Waals surface area contributed by atoms with Crippen LogP contribution in [0.3, 0.4) is 0 Å². The lowest BCUT2D eigenvalue weighted by molar-refractivity contribution is 0.250. The van der Waals surface area contributed by atoms with Crippen LogP contribution >= 0.6 is 15.9 Å². The van der Waals surface area contributed by atoms with E-state index in [1.165, 1.54) is 25.7 Å². The molecule has 2 rings (SSSR count). The molecule has 1 saturated carbocycles. The molecule has 1 aliphatic carbocycles. The molecule has 0 spiro atoms. The van der Waals surface area contributed by atoms with Crippen LogP contribution in [0.5, 0.6) is 5.75 Å². The Labute approximate surface area is 105 Å². The molecule has 2 nitrogen and oxygen atoms in total. The molecule has 1 aromatic rings. The molecule has 1 aromatic carbocycles. The number of benzene rings is 1. The number of anilines is 1. The molecule has 3 heteroatoms. The van der Waals surface area contributed by atoms with E-state index in [4.69, 9.17) is 10.5 Å². The molecule has 0 radical (unpaired) electrons. The summed E-state index contributed by atoms with van der Waals surface area (Å²) in [5.74, 6) is 1.66. The van der Waals surface area contributed by atoms with Crippen molar-refractivity contribution in [3.8, 4) is 5.75 Å². The van der Waals surface area contributed by atoms with Crippen molar-refractivity contribution in [2.45, 2.75) is 32.6 Å². The van der Waals surface area contributed by atoms with Gasteiger partial charge < -0.3 is 10.5 Å². The van der Waals surface area contributed by atoms with Crippen LogP contribution in [-0.2, 0) is 0 Å². The quantitative estimate of drug-likeness (QED) is 0.854. The summed E-state index contributed by atoms with van der Waals surface area (Å²) in [4.78, 5) is 0. The van der Waals surface area contributed by atoms with E-state index >= 15 is 0 Å². The van der Waals surface area contributed by atoms with Crippen molar-refractivity contribution in [3.05, 3.63) is 22.2 Å². The number of rotatable bonds is 3. The van der Waals surface area contributed by atoms with Crippen molar-refractivity contribution in [2.75, 3.05) is 12.3 Å². The number of hydrogen-bond donors (Lipinski definition) is 1. The number of hydrogen-bond acceptors (Lipinski definition) is 2. The van der Waals surface area contributed by atoms with Crippen molar-refractivity contribution < 1.29 is 4.74 Å². The van der Waals surface area contributed by atoms with Gasteiger partial charge in [-0.3, -0.25) is 0 Å². The molecular weight excluding hydrogens is 266 g/mol. The zero-order chi connectivity index (χ0) is 11.5. The number of nitrogen functional groups attached to an aromatic ring is 1. The van der Waals surface area contributed by atoms with E-state index in [0.29, 0.717) is 0 Å². The van der Waals surface area contributed by atoms with E-state index < -0.39 is 0 Å². The van der Waals surface area contributed by atoms with E-state index in [0.717, 1.165) is 34.0 Å². The normalized spacial score (nSPS) is 16.6. The molecule has 0 amide bonds. The van der Waals surface area contributed by atoms with Gasteiger partial charge in [-0.1, -0.05) is 12.8 Å². The fourth-order valence-electron chi connectivity index (χ4n) is 2.17. The minimum atomic E-state index is 0.741. The van der Waals surface area contributed by atoms with Gasteiger partial charge in [0.25, 0.3) is 0 Å². The highest BCUT2D eigenvalue weighted by Gasteiger charge is 2.16. The van der Waals surface area contributed by atoms with Crippen molar-refractivity contribution >= 4 is 21.6 Å². The highest BCUT2D eigenvalue weighted by atomic mass is 79.9. The van der Waals surface area contributed by atoms with Gasteiger partial charge in [0.15, 0.2) is 0 Å². The summed E-state index contributed by atoms with van der Waals surface area (Å²) in [6.45, 7) is 2.84. The van der Waals surface area contributed by atoms with E-state index in [1.807, 2.05) is 19.1 Å². The Morgan fingerprint density at radius 1 is 1.38 bits per heavy atom. The summed E-state index contributed by atoms with van der Waals surface area (Å²) in [6.07, 6.45) is 5.34. The monoisotopic (exact) mass is 283 g/mol. The Morgan fingerprint density at radius 3 is 2.75 bits per heavy atom. The van der Waals surface area contributed by atoms with Crippen LogP contribution in [0.15, 0.2) is 16.6 Å². The first-order valence-electron chi connectivity index (χ1n) is 5.85. The molecule has 0 aromatic heterocycles. The second-order valence-corrected chi connectivity index (χ2v) is 5.46. The van der Waals surface area contributed by atoms with Crippen LogP contribution in [0.2, 0.25) is 0 Å². The Morgan fingerprint density at radius 2 is 2.06 bits per heavy atom. The summed E-state index contributed by atoms with van der Waals surface area (Å²) in [7, 11) is 0. The van der Waals surface area contributed by atoms with Gasteiger partial charge in [0, 0.05) is 5.69 Å². The maximum absolute atomic E-state index is 5.85. The van der Waals surface area contributed by atoms with Gasteiger partial charge in [-0.25, -0.2) is 0 Å². The Bertz CT molecular complexity index is 372. The van der Waals surface area contributed by atoms with Gasteiger partial charge in [-0.15, -0.1) is 0 Å². The van der Waals surface area contributed by atoms with Gasteiger partial charge in [0.05, 0.1) is 11.1 Å². The first kappa shape index (κ1) is 11.8. The Balaban J connectivity index is 2.00. The zero-order valence-corrected chi connectivity index (χ0v) is 11.2. The largest absolute Gasteiger partial charge is 0.492 e. The first-order chi connectivity index (χ1) is 7.66. The van der Waals surface area contributed by atoms with E-state index in [9.17, 15) is 0 Å². The fourth-order valence-corrected chi connectivity index (χ4v) is 2.64. The minimum absolute atomic E-state index is 0.741. The highest BCUT2D eigenvalue weighted by Crippen LogP contribution is 2.31. The third-order valence-corrected chi connectivity index (χ3v) is 3.89. The predicted molar refractivity (Wildman–Crippen MR) is 70.7 cm³/mol. The van der Waals surface area contributed by atoms with Gasteiger partial charge in [0.1, 0.15) is 5.75 Å². The minimum Gasteiger partial charge on any atom is -0.492 e. The van der Waals surface area contributed by atoms with Gasteiger partial charge >= 0.3 is 0 Å². The van der Waals surface area contributed by atoms with Crippen molar-refractivity contribution in [3.63, 3.8) is 0 Å². The van der Waals surface area contributed by atoms with Crippen LogP contribution in [0.25, 0.3) is 0 Å². The van der Waals surface area contributed by atoms with Crippen LogP contribution in [0.4, 0.5) is 5.69 Å². The highest BCUT2D eigenvalue weighted by molar-refractivity contribution is 9.10. The molecule has 0 bridgehead atoms. The number of ether oxygens (including phenoxy) is 1. The molecule has 1 aliphatic rings. The summed E-state index contributed by atoms with van der Waals surface area (Å²) in [6, 6.07) is 3.92. The smallest absolute Gasteiger partial charge is 0.133 e. The standard InChI is InChI=1S/C13H18BrNO/c1-9-6-13(11(14)7-12(9)15)16-8-10-4-2-3-5-10/h6-7,10H,2-5,8,15H2,1H3. The number of nitrogens with two attached hydrogens (primary N) is 1. The SMILES string of the molecule is Cc1cc(OCC2CCCC2)c(Br)cc1N. The van der Waals surface area contributed by atoms with Crippen molar-refractivity contribution in [1.82, 2.24) is 0 Å². The van der Waals surface area contributed by atoms with Crippen LogP contribution in [0, 0.1) is 12.8 Å². The topological polar surface area (TPSA) is 35.2 Å². The molecule has 0 unspecified atom stereocenters. The molecule has 0 heterocycles. The summed E-state index contributed by atoms with van der Waals surface area (Å²) in [5, 5.41) is 0. The average Bonchev–Trinajstić information content (AvgIpc) is 2.74. The van der Waals surface area contributed by atoms with Crippen LogP contribution in [-0.4, -0.2) is 6.61 Å². The molecular formula is C13H18BrNO. The van der Waals surface area contributed by atoms with Gasteiger partial charge in [-0.2, -0.15) is 0 Å². The number of aryl methyl sites for hydroxylation is 1. The number of halogens is 1. The Kier molecular flexibility index (Phi) is 3.74. The molecule has 0 saturated heterocycles. The average molecular weight is 284 g/mol. The first-order valence-corrected chi connectivity index (χ1v) is 6.64. The molecule has 0 aliphatic heterocycles.